The van der Waals surface area contributed by atoms with Gasteiger partial charge in [0.25, 0.3) is 5.89 Å². The molecule has 16 heavy (non-hydrogen) atoms. The minimum atomic E-state index is -0.171. The number of hydrogen-bond acceptors (Lipinski definition) is 5. The minimum absolute atomic E-state index is 0.171. The zero-order valence-corrected chi connectivity index (χ0v) is 9.72. The molecule has 1 aromatic heterocycles. The Hall–Kier alpha value is -0.940. The summed E-state index contributed by atoms with van der Waals surface area (Å²) < 4.78 is 4.89. The average Bonchev–Trinajstić information content (AvgIpc) is 2.77. The molecule has 0 radical (unpaired) electrons. The van der Waals surface area contributed by atoms with Crippen LogP contribution in [0.2, 0.25) is 0 Å². The SMILES string of the molecule is CCN1CCCCC1Cc1noc(CO)n1. The molecule has 2 rings (SSSR count). The molecule has 1 aliphatic heterocycles. The van der Waals surface area contributed by atoms with Crippen molar-refractivity contribution < 1.29 is 9.63 Å². The Kier molecular flexibility index (Phi) is 3.90. The number of likely N-dealkylation sites (N-methyl/N-ethyl adjacent to an activating group) is 1. The van der Waals surface area contributed by atoms with E-state index in [-0.39, 0.29) is 6.61 Å². The molecule has 1 atom stereocenters. The van der Waals surface area contributed by atoms with Crippen molar-refractivity contribution >= 4 is 0 Å². The largest absolute Gasteiger partial charge is 0.387 e. The van der Waals surface area contributed by atoms with E-state index in [9.17, 15) is 0 Å². The molecular formula is C11H19N3O2. The molecule has 90 valence electrons. The molecule has 1 fully saturated rings. The number of hydrogen-bond donors (Lipinski definition) is 1. The predicted octanol–water partition coefficient (Wildman–Crippen LogP) is 0.979. The maximum absolute atomic E-state index is 8.85. The summed E-state index contributed by atoms with van der Waals surface area (Å²) in [4.78, 5) is 6.61. The van der Waals surface area contributed by atoms with Crippen LogP contribution in [0.1, 0.15) is 37.9 Å². The summed E-state index contributed by atoms with van der Waals surface area (Å²) in [5.74, 6) is 1.03. The highest BCUT2D eigenvalue weighted by Gasteiger charge is 2.22. The second-order valence-corrected chi connectivity index (χ2v) is 4.24. The second kappa shape index (κ2) is 5.41. The fraction of sp³-hybridized carbons (Fsp3) is 0.818. The zero-order valence-electron chi connectivity index (χ0n) is 9.72. The fourth-order valence-corrected chi connectivity index (χ4v) is 2.36. The van der Waals surface area contributed by atoms with Gasteiger partial charge < -0.3 is 14.5 Å². The first-order chi connectivity index (χ1) is 7.83. The van der Waals surface area contributed by atoms with E-state index in [1.807, 2.05) is 0 Å². The van der Waals surface area contributed by atoms with E-state index in [0.717, 1.165) is 18.8 Å². The number of aromatic nitrogens is 2. The van der Waals surface area contributed by atoms with Crippen LogP contribution < -0.4 is 0 Å². The third-order valence-electron chi connectivity index (χ3n) is 3.22. The molecule has 0 saturated carbocycles. The number of nitrogens with zero attached hydrogens (tertiary/aromatic N) is 3. The lowest BCUT2D eigenvalue weighted by Gasteiger charge is -2.34. The monoisotopic (exact) mass is 225 g/mol. The molecule has 0 bridgehead atoms. The Labute approximate surface area is 95.4 Å². The van der Waals surface area contributed by atoms with Crippen molar-refractivity contribution in [3.8, 4) is 0 Å². The van der Waals surface area contributed by atoms with Gasteiger partial charge in [-0.3, -0.25) is 0 Å². The summed E-state index contributed by atoms with van der Waals surface area (Å²) in [6.45, 7) is 4.27. The highest BCUT2D eigenvalue weighted by Crippen LogP contribution is 2.19. The number of likely N-dealkylation sites (tertiary alicyclic amines) is 1. The first-order valence-electron chi connectivity index (χ1n) is 6.00. The minimum Gasteiger partial charge on any atom is -0.387 e. The van der Waals surface area contributed by atoms with Crippen LogP contribution in [0.15, 0.2) is 4.52 Å². The Morgan fingerprint density at radius 1 is 1.50 bits per heavy atom. The van der Waals surface area contributed by atoms with Crippen molar-refractivity contribution in [2.75, 3.05) is 13.1 Å². The maximum Gasteiger partial charge on any atom is 0.252 e. The molecular weight excluding hydrogens is 206 g/mol. The van der Waals surface area contributed by atoms with E-state index in [2.05, 4.69) is 22.0 Å². The molecule has 0 spiro atoms. The Bertz CT molecular complexity index is 327. The van der Waals surface area contributed by atoms with E-state index in [1.54, 1.807) is 0 Å². The summed E-state index contributed by atoms with van der Waals surface area (Å²) in [7, 11) is 0. The first kappa shape index (κ1) is 11.5. The summed E-state index contributed by atoms with van der Waals surface area (Å²) in [5.41, 5.74) is 0. The molecule has 5 heteroatoms. The van der Waals surface area contributed by atoms with E-state index in [0.29, 0.717) is 11.9 Å². The summed E-state index contributed by atoms with van der Waals surface area (Å²) >= 11 is 0. The van der Waals surface area contributed by atoms with Gasteiger partial charge >= 0.3 is 0 Å². The highest BCUT2D eigenvalue weighted by molar-refractivity contribution is 4.91. The topological polar surface area (TPSA) is 62.4 Å². The lowest BCUT2D eigenvalue weighted by atomic mass is 9.99. The average molecular weight is 225 g/mol. The molecule has 1 aromatic rings. The van der Waals surface area contributed by atoms with E-state index < -0.39 is 0 Å². The molecule has 1 N–H and O–H groups in total. The van der Waals surface area contributed by atoms with Crippen molar-refractivity contribution in [1.29, 1.82) is 0 Å². The Morgan fingerprint density at radius 3 is 3.06 bits per heavy atom. The van der Waals surface area contributed by atoms with Gasteiger partial charge in [0.1, 0.15) is 6.61 Å². The third kappa shape index (κ3) is 2.59. The fourth-order valence-electron chi connectivity index (χ4n) is 2.36. The van der Waals surface area contributed by atoms with Crippen LogP contribution in [-0.2, 0) is 13.0 Å². The van der Waals surface area contributed by atoms with Crippen LogP contribution in [0.5, 0.6) is 0 Å². The van der Waals surface area contributed by atoms with Crippen LogP contribution in [0, 0.1) is 0 Å². The van der Waals surface area contributed by atoms with Crippen molar-refractivity contribution in [2.45, 2.75) is 45.3 Å². The molecule has 1 saturated heterocycles. The summed E-state index contributed by atoms with van der Waals surface area (Å²) in [6.07, 6.45) is 4.61. The van der Waals surface area contributed by atoms with Gasteiger partial charge in [-0.1, -0.05) is 18.5 Å². The van der Waals surface area contributed by atoms with Crippen molar-refractivity contribution in [2.24, 2.45) is 0 Å². The number of aliphatic hydroxyl groups is 1. The Balaban J connectivity index is 1.96. The van der Waals surface area contributed by atoms with Crippen LogP contribution >= 0.6 is 0 Å². The van der Waals surface area contributed by atoms with Gasteiger partial charge in [-0.2, -0.15) is 4.98 Å². The molecule has 2 heterocycles. The zero-order chi connectivity index (χ0) is 11.4. The van der Waals surface area contributed by atoms with Crippen LogP contribution in [0.3, 0.4) is 0 Å². The predicted molar refractivity (Wildman–Crippen MR) is 58.8 cm³/mol. The number of rotatable bonds is 4. The van der Waals surface area contributed by atoms with Gasteiger partial charge in [-0.25, -0.2) is 0 Å². The molecule has 5 nitrogen and oxygen atoms in total. The number of piperidine rings is 1. The first-order valence-corrected chi connectivity index (χ1v) is 6.00. The molecule has 0 aromatic carbocycles. The smallest absolute Gasteiger partial charge is 0.252 e. The van der Waals surface area contributed by atoms with Gasteiger partial charge in [0.15, 0.2) is 5.82 Å². The lowest BCUT2D eigenvalue weighted by molar-refractivity contribution is 0.153. The normalized spacial score (nSPS) is 22.5. The molecule has 1 unspecified atom stereocenters. The summed E-state index contributed by atoms with van der Waals surface area (Å²) in [6, 6.07) is 0.530. The van der Waals surface area contributed by atoms with E-state index in [1.165, 1.54) is 25.8 Å². The maximum atomic E-state index is 8.85. The van der Waals surface area contributed by atoms with Gasteiger partial charge in [-0.15, -0.1) is 0 Å². The molecule has 0 aliphatic carbocycles. The van der Waals surface area contributed by atoms with E-state index >= 15 is 0 Å². The van der Waals surface area contributed by atoms with Crippen LogP contribution in [-0.4, -0.2) is 39.3 Å². The van der Waals surface area contributed by atoms with Crippen LogP contribution in [0.4, 0.5) is 0 Å². The lowest BCUT2D eigenvalue weighted by Crippen LogP contribution is -2.40. The van der Waals surface area contributed by atoms with E-state index in [4.69, 9.17) is 9.63 Å². The van der Waals surface area contributed by atoms with Crippen molar-refractivity contribution in [3.63, 3.8) is 0 Å². The third-order valence-corrected chi connectivity index (χ3v) is 3.22. The van der Waals surface area contributed by atoms with Gasteiger partial charge in [0.05, 0.1) is 0 Å². The van der Waals surface area contributed by atoms with Crippen molar-refractivity contribution in [1.82, 2.24) is 15.0 Å². The standard InChI is InChI=1S/C11H19N3O2/c1-2-14-6-4-3-5-9(14)7-10-12-11(8-15)16-13-10/h9,15H,2-8H2,1H3. The second-order valence-electron chi connectivity index (χ2n) is 4.24. The Morgan fingerprint density at radius 2 is 2.38 bits per heavy atom. The molecule has 1 aliphatic rings. The quantitative estimate of drug-likeness (QED) is 0.827. The van der Waals surface area contributed by atoms with Gasteiger partial charge in [0.2, 0.25) is 0 Å². The highest BCUT2D eigenvalue weighted by atomic mass is 16.5. The summed E-state index contributed by atoms with van der Waals surface area (Å²) in [5, 5.41) is 12.7. The number of aliphatic hydroxyl groups excluding tert-OH is 1. The van der Waals surface area contributed by atoms with Crippen molar-refractivity contribution in [3.05, 3.63) is 11.7 Å². The molecule has 0 amide bonds. The van der Waals surface area contributed by atoms with Gasteiger partial charge in [0, 0.05) is 12.5 Å². The van der Waals surface area contributed by atoms with Gasteiger partial charge in [-0.05, 0) is 25.9 Å². The van der Waals surface area contributed by atoms with Crippen LogP contribution in [0.25, 0.3) is 0 Å².